The van der Waals surface area contributed by atoms with Crippen LogP contribution in [0.25, 0.3) is 0 Å². The number of rotatable bonds is 0. The zero-order valence-electron chi connectivity index (χ0n) is 6.45. The van der Waals surface area contributed by atoms with Crippen molar-refractivity contribution in [1.29, 1.82) is 0 Å². The van der Waals surface area contributed by atoms with Crippen molar-refractivity contribution in [2.75, 3.05) is 0 Å². The molecule has 0 aromatic rings. The van der Waals surface area contributed by atoms with Crippen LogP contribution in [-0.4, -0.2) is 67.0 Å². The van der Waals surface area contributed by atoms with Gasteiger partial charge in [0, 0.05) is 0 Å². The minimum Gasteiger partial charge on any atom is -0.387 e. The summed E-state index contributed by atoms with van der Waals surface area (Å²) >= 11 is 0. The molecule has 6 atom stereocenters. The Bertz CT molecular complexity index is 180. The molecule has 0 radical (unpaired) electrons. The predicted molar refractivity (Wildman–Crippen MR) is 36.1 cm³/mol. The summed E-state index contributed by atoms with van der Waals surface area (Å²) in [5.41, 5.74) is 0. The van der Waals surface area contributed by atoms with Crippen molar-refractivity contribution in [3.8, 4) is 0 Å². The molecule has 0 spiro atoms. The lowest BCUT2D eigenvalue weighted by Crippen LogP contribution is -2.68. The number of alkyl halides is 1. The Labute approximate surface area is 72.5 Å². The van der Waals surface area contributed by atoms with Crippen molar-refractivity contribution in [3.63, 3.8) is 0 Å². The van der Waals surface area contributed by atoms with Crippen LogP contribution in [0.1, 0.15) is 0 Å². The largest absolute Gasteiger partial charge is 0.387 e. The zero-order chi connectivity index (χ0) is 10.4. The molecule has 13 heavy (non-hydrogen) atoms. The van der Waals surface area contributed by atoms with Crippen molar-refractivity contribution >= 4 is 0 Å². The van der Waals surface area contributed by atoms with Crippen LogP contribution in [0.5, 0.6) is 0 Å². The van der Waals surface area contributed by atoms with Crippen molar-refractivity contribution in [1.82, 2.24) is 0 Å². The zero-order valence-corrected chi connectivity index (χ0v) is 6.45. The fraction of sp³-hybridized carbons (Fsp3) is 1.00. The lowest BCUT2D eigenvalue weighted by molar-refractivity contribution is -0.314. The van der Waals surface area contributed by atoms with E-state index in [1.54, 1.807) is 0 Å². The molecule has 0 aliphatic heterocycles. The van der Waals surface area contributed by atoms with Crippen LogP contribution in [0.4, 0.5) is 4.39 Å². The average molecular weight is 198 g/mol. The highest BCUT2D eigenvalue weighted by molar-refractivity contribution is 5.02. The van der Waals surface area contributed by atoms with Crippen LogP contribution >= 0.6 is 0 Å². The van der Waals surface area contributed by atoms with Crippen LogP contribution in [0.3, 0.4) is 0 Å². The van der Waals surface area contributed by atoms with Gasteiger partial charge in [0.1, 0.15) is 30.5 Å². The summed E-state index contributed by atoms with van der Waals surface area (Å²) in [7, 11) is 0. The average Bonchev–Trinajstić information content (AvgIpc) is 2.09. The van der Waals surface area contributed by atoms with E-state index in [4.69, 9.17) is 30.6 Å². The number of aliphatic hydroxyl groups excluding tert-OH is 5. The first kappa shape index (κ1) is 10.8. The molecule has 1 aliphatic rings. The van der Waals surface area contributed by atoms with Crippen molar-refractivity contribution in [2.24, 2.45) is 0 Å². The molecule has 0 saturated heterocycles. The molecular weight excluding hydrogens is 187 g/mol. The summed E-state index contributed by atoms with van der Waals surface area (Å²) in [5, 5.41) is 53.2. The molecule has 0 unspecified atom stereocenters. The molecule has 1 aliphatic carbocycles. The third-order valence-electron chi connectivity index (χ3n) is 2.18. The van der Waals surface area contributed by atoms with Crippen LogP contribution < -0.4 is 0 Å². The van der Waals surface area contributed by atoms with Crippen LogP contribution in [0.2, 0.25) is 0 Å². The van der Waals surface area contributed by atoms with Crippen LogP contribution in [-0.2, 0) is 0 Å². The fourth-order valence-corrected chi connectivity index (χ4v) is 1.23. The van der Waals surface area contributed by atoms with E-state index in [0.29, 0.717) is 0 Å². The Kier molecular flexibility index (Phi) is 2.59. The monoisotopic (exact) mass is 198 g/mol. The molecule has 1 rings (SSSR count). The second-order valence-electron chi connectivity index (χ2n) is 3.09. The van der Waals surface area contributed by atoms with Gasteiger partial charge in [-0.3, -0.25) is 0 Å². The van der Waals surface area contributed by atoms with E-state index in [-0.39, 0.29) is 0 Å². The molecule has 0 amide bonds. The third kappa shape index (κ3) is 1.43. The van der Waals surface area contributed by atoms with Gasteiger partial charge in [0.05, 0.1) is 0 Å². The predicted octanol–water partition coefficient (Wildman–Crippen LogP) is -3.54. The Hall–Kier alpha value is -0.310. The summed E-state index contributed by atoms with van der Waals surface area (Å²) in [5.74, 6) is -3.53. The lowest BCUT2D eigenvalue weighted by Gasteiger charge is -2.42. The van der Waals surface area contributed by atoms with Crippen molar-refractivity contribution < 1.29 is 35.0 Å². The molecule has 7 heteroatoms. The minimum absolute atomic E-state index is 1.90. The van der Waals surface area contributed by atoms with E-state index in [2.05, 4.69) is 0 Å². The summed E-state index contributed by atoms with van der Waals surface area (Å²) in [6.45, 7) is 0. The van der Waals surface area contributed by atoms with Gasteiger partial charge in [-0.25, -0.2) is 4.39 Å². The fourth-order valence-electron chi connectivity index (χ4n) is 1.23. The van der Waals surface area contributed by atoms with Gasteiger partial charge >= 0.3 is 0 Å². The molecule has 0 bridgehead atoms. The summed E-state index contributed by atoms with van der Waals surface area (Å²) < 4.78 is 13.0. The second-order valence-corrected chi connectivity index (χ2v) is 3.09. The maximum absolute atomic E-state index is 13.0. The van der Waals surface area contributed by atoms with E-state index >= 15 is 0 Å². The molecular formula is C6H11FO6. The Balaban J connectivity index is 2.93. The van der Waals surface area contributed by atoms with E-state index in [0.717, 1.165) is 0 Å². The highest BCUT2D eigenvalue weighted by atomic mass is 19.2. The molecule has 1 saturated carbocycles. The van der Waals surface area contributed by atoms with Gasteiger partial charge in [0.2, 0.25) is 0 Å². The maximum Gasteiger partial charge on any atom is 0.264 e. The summed E-state index contributed by atoms with van der Waals surface area (Å²) in [4.78, 5) is 0. The minimum atomic E-state index is -3.53. The molecule has 1 fully saturated rings. The second kappa shape index (κ2) is 3.12. The van der Waals surface area contributed by atoms with Gasteiger partial charge < -0.3 is 30.6 Å². The first-order chi connectivity index (χ1) is 5.80. The standard InChI is InChI=1S/C6H11FO6/c7-6(13)4(11)2(9)1(8)3(10)5(6)12/h1-5,8-13H/t1-,2-,3-,4-,5+,6-/m0/s1. The summed E-state index contributed by atoms with van der Waals surface area (Å²) in [6.07, 6.45) is -10.7. The maximum atomic E-state index is 13.0. The highest BCUT2D eigenvalue weighted by Crippen LogP contribution is 2.31. The topological polar surface area (TPSA) is 121 Å². The van der Waals surface area contributed by atoms with Gasteiger partial charge in [0.25, 0.3) is 5.85 Å². The number of hydrogen-bond acceptors (Lipinski definition) is 6. The van der Waals surface area contributed by atoms with E-state index in [1.165, 1.54) is 0 Å². The van der Waals surface area contributed by atoms with Crippen LogP contribution in [0, 0.1) is 0 Å². The Morgan fingerprint density at radius 2 is 1.08 bits per heavy atom. The molecule has 0 heterocycles. The van der Waals surface area contributed by atoms with Crippen molar-refractivity contribution in [2.45, 2.75) is 36.4 Å². The number of aliphatic hydroxyl groups is 6. The molecule has 6 nitrogen and oxygen atoms in total. The number of halogens is 1. The first-order valence-electron chi connectivity index (χ1n) is 3.61. The van der Waals surface area contributed by atoms with Gasteiger partial charge in [-0.1, -0.05) is 0 Å². The first-order valence-corrected chi connectivity index (χ1v) is 3.61. The number of hydrogen-bond donors (Lipinski definition) is 6. The Morgan fingerprint density at radius 1 is 0.769 bits per heavy atom. The molecule has 6 N–H and O–H groups in total. The third-order valence-corrected chi connectivity index (χ3v) is 2.18. The van der Waals surface area contributed by atoms with Gasteiger partial charge in [-0.05, 0) is 0 Å². The highest BCUT2D eigenvalue weighted by Gasteiger charge is 2.58. The SMILES string of the molecule is O[C@@H]1[C@H](O)[C@@H](O)[C@](O)(F)[C@@H](O)[C@H]1O. The molecule has 78 valence electrons. The van der Waals surface area contributed by atoms with Crippen molar-refractivity contribution in [3.05, 3.63) is 0 Å². The smallest absolute Gasteiger partial charge is 0.264 e. The van der Waals surface area contributed by atoms with Gasteiger partial charge in [-0.15, -0.1) is 0 Å². The summed E-state index contributed by atoms with van der Waals surface area (Å²) in [6, 6.07) is 0. The quantitative estimate of drug-likeness (QED) is 0.240. The normalized spacial score (nSPS) is 57.9. The van der Waals surface area contributed by atoms with Gasteiger partial charge in [0.15, 0.2) is 0 Å². The van der Waals surface area contributed by atoms with Gasteiger partial charge in [-0.2, -0.15) is 0 Å². The lowest BCUT2D eigenvalue weighted by atomic mass is 9.83. The molecule has 0 aromatic carbocycles. The van der Waals surface area contributed by atoms with Crippen LogP contribution in [0.15, 0.2) is 0 Å². The van der Waals surface area contributed by atoms with E-state index < -0.39 is 36.4 Å². The van der Waals surface area contributed by atoms with E-state index in [9.17, 15) is 4.39 Å². The van der Waals surface area contributed by atoms with E-state index in [1.807, 2.05) is 0 Å². The molecule has 0 aromatic heterocycles. The Morgan fingerprint density at radius 3 is 1.38 bits per heavy atom.